The molecule has 1 aromatic carbocycles. The summed E-state index contributed by atoms with van der Waals surface area (Å²) in [4.78, 5) is 54.9. The normalized spacial score (nSPS) is 13.6. The maximum Gasteiger partial charge on any atom is 0.325 e. The summed E-state index contributed by atoms with van der Waals surface area (Å²) >= 11 is 0. The molecule has 28 heavy (non-hydrogen) atoms. The van der Waals surface area contributed by atoms with Crippen LogP contribution in [0.1, 0.15) is 44.1 Å². The smallest absolute Gasteiger partial charge is 0.324 e. The molecule has 0 spiro atoms. The van der Waals surface area contributed by atoms with Gasteiger partial charge in [-0.15, -0.1) is 0 Å². The van der Waals surface area contributed by atoms with Crippen molar-refractivity contribution in [3.8, 4) is 0 Å². The quantitative estimate of drug-likeness (QED) is 0.243. The van der Waals surface area contributed by atoms with E-state index in [-0.39, 0.29) is 37.7 Å². The monoisotopic (exact) mass is 457 g/mol. The Morgan fingerprint density at radius 3 is 1.29 bits per heavy atom. The van der Waals surface area contributed by atoms with E-state index in [2.05, 4.69) is 6.07 Å². The van der Waals surface area contributed by atoms with E-state index in [1.165, 1.54) is 0 Å². The predicted molar refractivity (Wildman–Crippen MR) is 105 cm³/mol. The van der Waals surface area contributed by atoms with Crippen LogP contribution >= 0.6 is 22.8 Å². The number of hydrogen-bond acceptors (Lipinski definition) is 3. The zero-order valence-electron chi connectivity index (χ0n) is 15.4. The molecule has 0 bridgehead atoms. The Kier molecular flexibility index (Phi) is 9.75. The molecule has 0 saturated heterocycles. The first-order chi connectivity index (χ1) is 12.7. The van der Waals surface area contributed by atoms with Crippen molar-refractivity contribution in [2.45, 2.75) is 43.9 Å². The molecule has 0 aliphatic carbocycles. The van der Waals surface area contributed by atoms with Gasteiger partial charge in [0.1, 0.15) is 0 Å². The van der Waals surface area contributed by atoms with Crippen LogP contribution in [-0.2, 0) is 19.1 Å². The molecule has 12 heteroatoms. The Morgan fingerprint density at radius 2 is 1.00 bits per heavy atom. The van der Waals surface area contributed by atoms with Gasteiger partial charge in [-0.25, -0.2) is 0 Å². The standard InChI is InChI=1S/C16H28O9P3/c17-26(18,19)12-4-9-16(10-5-13-27(20,21)22,11-6-14-28(23,24)25)15-7-2-1-3-8-15/h2-3,7-8H,4-6,9-14H2,(H2,17,18,19)(H2,20,21,22)(H2,23,24,25). The van der Waals surface area contributed by atoms with E-state index in [1.54, 1.807) is 24.3 Å². The summed E-state index contributed by atoms with van der Waals surface area (Å²) in [5, 5.41) is 0. The van der Waals surface area contributed by atoms with Gasteiger partial charge in [0.15, 0.2) is 0 Å². The molecule has 1 rings (SSSR count). The first-order valence-electron chi connectivity index (χ1n) is 8.83. The van der Waals surface area contributed by atoms with Crippen LogP contribution < -0.4 is 0 Å². The van der Waals surface area contributed by atoms with Crippen LogP contribution in [0, 0.1) is 6.07 Å². The fourth-order valence-corrected chi connectivity index (χ4v) is 5.13. The third kappa shape index (κ3) is 11.0. The lowest BCUT2D eigenvalue weighted by atomic mass is 9.70. The Balaban J connectivity index is 3.09. The summed E-state index contributed by atoms with van der Waals surface area (Å²) in [6, 6.07) is 9.74. The van der Waals surface area contributed by atoms with Gasteiger partial charge in [0, 0.05) is 18.5 Å². The van der Waals surface area contributed by atoms with Gasteiger partial charge in [-0.1, -0.05) is 24.3 Å². The number of benzene rings is 1. The third-order valence-corrected chi connectivity index (χ3v) is 7.34. The van der Waals surface area contributed by atoms with Gasteiger partial charge in [0.2, 0.25) is 0 Å². The lowest BCUT2D eigenvalue weighted by molar-refractivity contribution is 0.311. The average Bonchev–Trinajstić information content (AvgIpc) is 2.51. The van der Waals surface area contributed by atoms with Crippen LogP contribution in [0.15, 0.2) is 24.3 Å². The Morgan fingerprint density at radius 1 is 0.679 bits per heavy atom. The number of rotatable bonds is 13. The molecular weight excluding hydrogens is 429 g/mol. The highest BCUT2D eigenvalue weighted by atomic mass is 31.2. The van der Waals surface area contributed by atoms with Crippen LogP contribution in [0.3, 0.4) is 0 Å². The van der Waals surface area contributed by atoms with Crippen LogP contribution in [-0.4, -0.2) is 47.8 Å². The molecule has 161 valence electrons. The van der Waals surface area contributed by atoms with Crippen molar-refractivity contribution >= 4 is 22.8 Å². The van der Waals surface area contributed by atoms with E-state index in [1.807, 2.05) is 0 Å². The van der Waals surface area contributed by atoms with E-state index < -0.39 is 28.2 Å². The second kappa shape index (κ2) is 10.6. The van der Waals surface area contributed by atoms with Gasteiger partial charge < -0.3 is 29.4 Å². The largest absolute Gasteiger partial charge is 0.325 e. The first-order valence-corrected chi connectivity index (χ1v) is 14.2. The van der Waals surface area contributed by atoms with Gasteiger partial charge in [-0.3, -0.25) is 13.7 Å². The summed E-state index contributed by atoms with van der Waals surface area (Å²) in [6.45, 7) is 0. The molecule has 9 nitrogen and oxygen atoms in total. The molecule has 6 N–H and O–H groups in total. The Hall–Kier alpha value is -0.330. The molecule has 0 unspecified atom stereocenters. The minimum Gasteiger partial charge on any atom is -0.324 e. The topological polar surface area (TPSA) is 173 Å². The van der Waals surface area contributed by atoms with Crippen LogP contribution in [0.5, 0.6) is 0 Å². The highest BCUT2D eigenvalue weighted by molar-refractivity contribution is 7.52. The molecule has 0 amide bonds. The van der Waals surface area contributed by atoms with Crippen molar-refractivity contribution in [3.05, 3.63) is 35.9 Å². The molecule has 0 aromatic heterocycles. The molecule has 0 aliphatic rings. The minimum absolute atomic E-state index is 0.175. The maximum atomic E-state index is 11.2. The average molecular weight is 457 g/mol. The van der Waals surface area contributed by atoms with Gasteiger partial charge in [-0.2, -0.15) is 0 Å². The maximum absolute atomic E-state index is 11.2. The molecule has 0 saturated carbocycles. The fraction of sp³-hybridized carbons (Fsp3) is 0.625. The van der Waals surface area contributed by atoms with Crippen LogP contribution in [0.25, 0.3) is 0 Å². The van der Waals surface area contributed by atoms with Crippen LogP contribution in [0.4, 0.5) is 0 Å². The lowest BCUT2D eigenvalue weighted by Gasteiger charge is -2.35. The second-order valence-electron chi connectivity index (χ2n) is 7.04. The minimum atomic E-state index is -4.20. The van der Waals surface area contributed by atoms with Gasteiger partial charge in [0.25, 0.3) is 0 Å². The van der Waals surface area contributed by atoms with Crippen molar-refractivity contribution in [1.82, 2.24) is 0 Å². The van der Waals surface area contributed by atoms with Crippen molar-refractivity contribution in [1.29, 1.82) is 0 Å². The summed E-state index contributed by atoms with van der Waals surface area (Å²) in [5.41, 5.74) is 0.0996. The van der Waals surface area contributed by atoms with E-state index in [0.29, 0.717) is 19.3 Å². The van der Waals surface area contributed by atoms with Gasteiger partial charge in [-0.05, 0) is 55.6 Å². The Labute approximate surface area is 164 Å². The molecular formula is C16H28O9P3. The van der Waals surface area contributed by atoms with Gasteiger partial charge >= 0.3 is 22.8 Å². The van der Waals surface area contributed by atoms with E-state index >= 15 is 0 Å². The molecule has 0 heterocycles. The van der Waals surface area contributed by atoms with E-state index in [4.69, 9.17) is 29.4 Å². The van der Waals surface area contributed by atoms with Crippen molar-refractivity contribution < 1.29 is 43.1 Å². The van der Waals surface area contributed by atoms with Crippen LogP contribution in [0.2, 0.25) is 0 Å². The summed E-state index contributed by atoms with van der Waals surface area (Å²) in [6.07, 6.45) is 0.511. The molecule has 1 radical (unpaired) electrons. The van der Waals surface area contributed by atoms with Crippen molar-refractivity contribution in [3.63, 3.8) is 0 Å². The molecule has 0 atom stereocenters. The van der Waals surface area contributed by atoms with Crippen molar-refractivity contribution in [2.75, 3.05) is 18.5 Å². The molecule has 1 aromatic rings. The zero-order chi connectivity index (χ0) is 21.5. The summed E-state index contributed by atoms with van der Waals surface area (Å²) < 4.78 is 33.7. The fourth-order valence-electron chi connectivity index (χ4n) is 3.42. The summed E-state index contributed by atoms with van der Waals surface area (Å²) in [7, 11) is -12.6. The molecule has 0 aliphatic heterocycles. The second-order valence-corrected chi connectivity index (χ2v) is 12.4. The van der Waals surface area contributed by atoms with E-state index in [0.717, 1.165) is 5.56 Å². The van der Waals surface area contributed by atoms with E-state index in [9.17, 15) is 13.7 Å². The highest BCUT2D eigenvalue weighted by Gasteiger charge is 2.33. The van der Waals surface area contributed by atoms with Gasteiger partial charge in [0.05, 0.1) is 0 Å². The SMILES string of the molecule is O=P(O)(O)CCCC(CCCP(=O)(O)O)(CCCP(=O)(O)O)c1cc[c]cc1. The highest BCUT2D eigenvalue weighted by Crippen LogP contribution is 2.46. The molecule has 0 fully saturated rings. The third-order valence-electron chi connectivity index (χ3n) is 4.64. The number of hydrogen-bond donors (Lipinski definition) is 6. The predicted octanol–water partition coefficient (Wildman–Crippen LogP) is 2.60. The first kappa shape index (κ1) is 25.7. The lowest BCUT2D eigenvalue weighted by Crippen LogP contribution is -2.28. The van der Waals surface area contributed by atoms with Crippen molar-refractivity contribution in [2.24, 2.45) is 0 Å². The summed E-state index contributed by atoms with van der Waals surface area (Å²) in [5.74, 6) is 0. The Bertz CT molecular complexity index is 666. The zero-order valence-corrected chi connectivity index (χ0v) is 18.1.